The first-order valence-corrected chi connectivity index (χ1v) is 11.0. The van der Waals surface area contributed by atoms with Gasteiger partial charge in [-0.1, -0.05) is 62.7 Å². The van der Waals surface area contributed by atoms with Crippen molar-refractivity contribution in [2.24, 2.45) is 29.1 Å². The van der Waals surface area contributed by atoms with E-state index in [9.17, 15) is 14.7 Å². The summed E-state index contributed by atoms with van der Waals surface area (Å²) in [6, 6.07) is 14.1. The molecular weight excluding hydrogens is 390 g/mol. The molecule has 0 spiro atoms. The van der Waals surface area contributed by atoms with E-state index in [2.05, 4.69) is 24.9 Å². The third kappa shape index (κ3) is 3.56. The molecule has 5 heteroatoms. The monoisotopic (exact) mass is 419 g/mol. The van der Waals surface area contributed by atoms with Crippen molar-refractivity contribution in [3.63, 3.8) is 0 Å². The first-order chi connectivity index (χ1) is 14.9. The topological polar surface area (TPSA) is 76.5 Å². The van der Waals surface area contributed by atoms with E-state index in [0.717, 1.165) is 23.2 Å². The lowest BCUT2D eigenvalue weighted by atomic mass is 9.54. The van der Waals surface area contributed by atoms with Crippen LogP contribution in [0.4, 0.5) is 0 Å². The van der Waals surface area contributed by atoms with Gasteiger partial charge in [-0.05, 0) is 48.8 Å². The van der Waals surface area contributed by atoms with Gasteiger partial charge in [-0.3, -0.25) is 14.6 Å². The Morgan fingerprint density at radius 1 is 1.19 bits per heavy atom. The summed E-state index contributed by atoms with van der Waals surface area (Å²) >= 11 is 0. The number of carbonyl (C=O) groups is 2. The molecule has 31 heavy (non-hydrogen) atoms. The maximum absolute atomic E-state index is 12.7. The van der Waals surface area contributed by atoms with Crippen molar-refractivity contribution in [3.8, 4) is 11.1 Å². The molecule has 6 atom stereocenters. The Morgan fingerprint density at radius 2 is 1.94 bits per heavy atom. The van der Waals surface area contributed by atoms with E-state index in [1.807, 2.05) is 61.7 Å². The fourth-order valence-corrected chi connectivity index (χ4v) is 5.82. The Hall–Kier alpha value is -2.95. The number of carboxylic acids is 1. The van der Waals surface area contributed by atoms with Gasteiger partial charge in [0.1, 0.15) is 6.10 Å². The second-order valence-electron chi connectivity index (χ2n) is 8.94. The molecular formula is C26H29NO4. The van der Waals surface area contributed by atoms with Gasteiger partial charge in [-0.25, -0.2) is 0 Å². The molecule has 162 valence electrons. The van der Waals surface area contributed by atoms with Crippen molar-refractivity contribution in [1.29, 1.82) is 0 Å². The highest BCUT2D eigenvalue weighted by atomic mass is 16.6. The van der Waals surface area contributed by atoms with Crippen LogP contribution in [0.3, 0.4) is 0 Å². The largest absolute Gasteiger partial charge is 0.480 e. The first kappa shape index (κ1) is 21.3. The van der Waals surface area contributed by atoms with Crippen LogP contribution in [0.1, 0.15) is 39.3 Å². The minimum atomic E-state index is -1.45. The summed E-state index contributed by atoms with van der Waals surface area (Å²) in [4.78, 5) is 29.6. The summed E-state index contributed by atoms with van der Waals surface area (Å²) in [5.41, 5.74) is 1.51. The number of fused-ring (bicyclic) bond motifs is 1. The molecule has 2 aromatic rings. The number of hydrogen-bond donors (Lipinski definition) is 1. The van der Waals surface area contributed by atoms with Gasteiger partial charge in [0, 0.05) is 17.7 Å². The molecule has 5 nitrogen and oxygen atoms in total. The highest BCUT2D eigenvalue weighted by Gasteiger charge is 2.67. The van der Waals surface area contributed by atoms with Crippen molar-refractivity contribution >= 4 is 18.0 Å². The molecule has 2 heterocycles. The van der Waals surface area contributed by atoms with Crippen LogP contribution in [-0.4, -0.2) is 28.1 Å². The van der Waals surface area contributed by atoms with Crippen LogP contribution in [0.25, 0.3) is 17.2 Å². The quantitative estimate of drug-likeness (QED) is 0.540. The zero-order valence-electron chi connectivity index (χ0n) is 18.2. The van der Waals surface area contributed by atoms with Crippen molar-refractivity contribution in [2.45, 2.75) is 39.7 Å². The Morgan fingerprint density at radius 3 is 2.55 bits per heavy atom. The van der Waals surface area contributed by atoms with E-state index in [1.165, 1.54) is 0 Å². The van der Waals surface area contributed by atoms with Crippen molar-refractivity contribution in [1.82, 2.24) is 4.98 Å². The second kappa shape index (κ2) is 8.29. The van der Waals surface area contributed by atoms with Crippen LogP contribution >= 0.6 is 0 Å². The van der Waals surface area contributed by atoms with Crippen molar-refractivity contribution in [3.05, 3.63) is 60.4 Å². The fourth-order valence-electron chi connectivity index (χ4n) is 5.82. The van der Waals surface area contributed by atoms with Crippen molar-refractivity contribution in [2.75, 3.05) is 0 Å². The van der Waals surface area contributed by atoms with Crippen LogP contribution in [0.15, 0.2) is 54.7 Å². The van der Waals surface area contributed by atoms with E-state index in [-0.39, 0.29) is 23.7 Å². The normalized spacial score (nSPS) is 32.6. The number of aromatic nitrogens is 1. The number of benzene rings is 1. The van der Waals surface area contributed by atoms with Gasteiger partial charge in [0.05, 0.1) is 5.69 Å². The summed E-state index contributed by atoms with van der Waals surface area (Å²) in [5, 5.41) is 10.1. The number of carbonyl (C=O) groups excluding carboxylic acids is 1. The van der Waals surface area contributed by atoms with Crippen LogP contribution in [0.2, 0.25) is 0 Å². The molecule has 0 radical (unpaired) electrons. The zero-order chi connectivity index (χ0) is 22.2. The number of carboxylic acid groups (broad SMARTS) is 1. The number of rotatable bonds is 5. The van der Waals surface area contributed by atoms with Gasteiger partial charge >= 0.3 is 11.9 Å². The van der Waals surface area contributed by atoms with E-state index in [0.29, 0.717) is 6.42 Å². The average Bonchev–Trinajstić information content (AvgIpc) is 3.03. The second-order valence-corrected chi connectivity index (χ2v) is 8.94. The van der Waals surface area contributed by atoms with Gasteiger partial charge in [-0.2, -0.15) is 0 Å². The highest BCUT2D eigenvalue weighted by molar-refractivity contribution is 6.01. The third-order valence-electron chi connectivity index (χ3n) is 7.25. The van der Waals surface area contributed by atoms with E-state index >= 15 is 0 Å². The number of cyclic esters (lactones) is 1. The summed E-state index contributed by atoms with van der Waals surface area (Å²) in [5.74, 6) is -1.69. The van der Waals surface area contributed by atoms with E-state index in [4.69, 9.17) is 4.74 Å². The van der Waals surface area contributed by atoms with Crippen LogP contribution in [-0.2, 0) is 14.3 Å². The summed E-state index contributed by atoms with van der Waals surface area (Å²) in [6.07, 6.45) is 6.71. The summed E-state index contributed by atoms with van der Waals surface area (Å²) in [6.45, 7) is 6.01. The Bertz CT molecular complexity index is 984. The predicted molar refractivity (Wildman–Crippen MR) is 119 cm³/mol. The number of esters is 1. The molecule has 1 aliphatic carbocycles. The molecule has 0 amide bonds. The third-order valence-corrected chi connectivity index (χ3v) is 7.25. The molecule has 0 bridgehead atoms. The molecule has 1 aromatic heterocycles. The maximum Gasteiger partial charge on any atom is 0.324 e. The van der Waals surface area contributed by atoms with Gasteiger partial charge in [-0.15, -0.1) is 0 Å². The Balaban J connectivity index is 1.65. The number of nitrogens with zero attached hydrogens (tertiary/aromatic N) is 1. The van der Waals surface area contributed by atoms with Crippen LogP contribution < -0.4 is 0 Å². The van der Waals surface area contributed by atoms with Gasteiger partial charge in [0.15, 0.2) is 5.41 Å². The fraction of sp³-hybridized carbons (Fsp3) is 0.423. The summed E-state index contributed by atoms with van der Waals surface area (Å²) in [7, 11) is 0. The molecule has 6 unspecified atom stereocenters. The zero-order valence-corrected chi connectivity index (χ0v) is 18.2. The predicted octanol–water partition coefficient (Wildman–Crippen LogP) is 5.08. The van der Waals surface area contributed by atoms with E-state index in [1.54, 1.807) is 0 Å². The van der Waals surface area contributed by atoms with Gasteiger partial charge in [0.25, 0.3) is 0 Å². The number of allylic oxidation sites excluding steroid dienone is 1. The van der Waals surface area contributed by atoms with Crippen LogP contribution in [0, 0.1) is 29.1 Å². The minimum absolute atomic E-state index is 0.0677. The standard InChI is InChI=1S/C26H29NO4/c1-4-21-16(2)14-26(24(28)29)23(17(3)31-25(26)30)22(21)13-12-20-11-10-19(15-27-20)18-8-6-5-7-9-18/h5-13,15-17,21-23H,4,14H2,1-3H3,(H,28,29)/b13-12+. The first-order valence-electron chi connectivity index (χ1n) is 11.0. The highest BCUT2D eigenvalue weighted by Crippen LogP contribution is 2.57. The Labute approximate surface area is 183 Å². The smallest absolute Gasteiger partial charge is 0.324 e. The van der Waals surface area contributed by atoms with E-state index < -0.39 is 23.5 Å². The SMILES string of the molecule is CCC1C(C)CC2(C(=O)O)C(=O)OC(C)C2C1/C=C/c1ccc(-c2ccccc2)cn1. The molecule has 1 saturated carbocycles. The average molecular weight is 420 g/mol. The molecule has 2 aliphatic rings. The minimum Gasteiger partial charge on any atom is -0.480 e. The van der Waals surface area contributed by atoms with Gasteiger partial charge < -0.3 is 9.84 Å². The molecule has 1 aromatic carbocycles. The molecule has 1 N–H and O–H groups in total. The summed E-state index contributed by atoms with van der Waals surface area (Å²) < 4.78 is 5.49. The number of ether oxygens (including phenoxy) is 1. The lowest BCUT2D eigenvalue weighted by Gasteiger charge is -2.46. The number of pyridine rings is 1. The number of hydrogen-bond acceptors (Lipinski definition) is 4. The Kier molecular flexibility index (Phi) is 5.69. The lowest BCUT2D eigenvalue weighted by molar-refractivity contribution is -0.167. The van der Waals surface area contributed by atoms with Gasteiger partial charge in [0.2, 0.25) is 0 Å². The molecule has 1 saturated heterocycles. The lowest BCUT2D eigenvalue weighted by Crippen LogP contribution is -2.52. The molecule has 2 fully saturated rings. The van der Waals surface area contributed by atoms with Crippen molar-refractivity contribution < 1.29 is 19.4 Å². The molecule has 4 rings (SSSR count). The maximum atomic E-state index is 12.7. The number of aliphatic carboxylic acids is 1. The molecule has 1 aliphatic heterocycles. The van der Waals surface area contributed by atoms with Crippen LogP contribution in [0.5, 0.6) is 0 Å².